The maximum Gasteiger partial charge on any atom is 0.0477 e. The van der Waals surface area contributed by atoms with E-state index in [1.165, 1.54) is 43.6 Å². The van der Waals surface area contributed by atoms with Crippen LogP contribution in [0.25, 0.3) is 0 Å². The van der Waals surface area contributed by atoms with Crippen LogP contribution in [-0.2, 0) is 11.3 Å². The highest BCUT2D eigenvalue weighted by atomic mass is 16.5. The molecule has 0 saturated carbocycles. The van der Waals surface area contributed by atoms with Crippen molar-refractivity contribution in [2.24, 2.45) is 0 Å². The van der Waals surface area contributed by atoms with Gasteiger partial charge in [0.15, 0.2) is 0 Å². The molecule has 3 heteroatoms. The SMILES string of the molecule is CCOCCCNCc1ccc(N2CCCCC2)cc1. The minimum atomic E-state index is 0.817. The molecule has 1 saturated heterocycles. The molecule has 1 aromatic rings. The molecule has 1 aromatic carbocycles. The van der Waals surface area contributed by atoms with E-state index in [1.54, 1.807) is 0 Å². The second-order valence-corrected chi connectivity index (χ2v) is 5.44. The number of piperidine rings is 1. The minimum absolute atomic E-state index is 0.817. The Morgan fingerprint density at radius 2 is 1.85 bits per heavy atom. The van der Waals surface area contributed by atoms with Crippen molar-refractivity contribution in [2.75, 3.05) is 37.7 Å². The predicted molar refractivity (Wildman–Crippen MR) is 85.3 cm³/mol. The van der Waals surface area contributed by atoms with Gasteiger partial charge in [-0.3, -0.25) is 0 Å². The molecule has 2 rings (SSSR count). The Bertz CT molecular complexity index is 358. The molecule has 0 atom stereocenters. The van der Waals surface area contributed by atoms with Gasteiger partial charge in [-0.05, 0) is 56.8 Å². The Kier molecular flexibility index (Phi) is 6.89. The number of rotatable bonds is 8. The highest BCUT2D eigenvalue weighted by Crippen LogP contribution is 2.20. The van der Waals surface area contributed by atoms with Gasteiger partial charge in [0.05, 0.1) is 0 Å². The summed E-state index contributed by atoms with van der Waals surface area (Å²) in [5.41, 5.74) is 2.74. The molecule has 20 heavy (non-hydrogen) atoms. The van der Waals surface area contributed by atoms with Crippen LogP contribution in [0.3, 0.4) is 0 Å². The summed E-state index contributed by atoms with van der Waals surface area (Å²) in [6.45, 7) is 8.12. The first-order valence-electron chi connectivity index (χ1n) is 8.02. The molecule has 0 bridgehead atoms. The summed E-state index contributed by atoms with van der Waals surface area (Å²) in [5.74, 6) is 0. The standard InChI is InChI=1S/C17H28N2O/c1-2-20-14-6-11-18-15-16-7-9-17(10-8-16)19-12-4-3-5-13-19/h7-10,18H,2-6,11-15H2,1H3. The molecular weight excluding hydrogens is 248 g/mol. The van der Waals surface area contributed by atoms with Gasteiger partial charge in [-0.25, -0.2) is 0 Å². The van der Waals surface area contributed by atoms with Crippen LogP contribution < -0.4 is 10.2 Å². The highest BCUT2D eigenvalue weighted by molar-refractivity contribution is 5.47. The van der Waals surface area contributed by atoms with Crippen LogP contribution in [0.2, 0.25) is 0 Å². The van der Waals surface area contributed by atoms with Crippen molar-refractivity contribution in [2.45, 2.75) is 39.2 Å². The second-order valence-electron chi connectivity index (χ2n) is 5.44. The van der Waals surface area contributed by atoms with Gasteiger partial charge in [0.2, 0.25) is 0 Å². The van der Waals surface area contributed by atoms with E-state index in [-0.39, 0.29) is 0 Å². The summed E-state index contributed by atoms with van der Waals surface area (Å²) >= 11 is 0. The van der Waals surface area contributed by atoms with E-state index in [2.05, 4.69) is 34.5 Å². The van der Waals surface area contributed by atoms with Crippen molar-refractivity contribution in [3.8, 4) is 0 Å². The van der Waals surface area contributed by atoms with E-state index in [9.17, 15) is 0 Å². The molecule has 0 aliphatic carbocycles. The lowest BCUT2D eigenvalue weighted by molar-refractivity contribution is 0.144. The van der Waals surface area contributed by atoms with E-state index in [0.717, 1.165) is 32.7 Å². The molecule has 1 aliphatic rings. The first-order valence-corrected chi connectivity index (χ1v) is 8.02. The maximum absolute atomic E-state index is 5.32. The number of hydrogen-bond donors (Lipinski definition) is 1. The van der Waals surface area contributed by atoms with Crippen molar-refractivity contribution >= 4 is 5.69 Å². The fraction of sp³-hybridized carbons (Fsp3) is 0.647. The van der Waals surface area contributed by atoms with Crippen LogP contribution in [0.1, 0.15) is 38.2 Å². The number of anilines is 1. The number of nitrogens with one attached hydrogen (secondary N) is 1. The van der Waals surface area contributed by atoms with E-state index in [4.69, 9.17) is 4.74 Å². The van der Waals surface area contributed by atoms with Gasteiger partial charge in [-0.2, -0.15) is 0 Å². The molecule has 3 nitrogen and oxygen atoms in total. The van der Waals surface area contributed by atoms with E-state index in [1.807, 2.05) is 6.92 Å². The zero-order valence-electron chi connectivity index (χ0n) is 12.7. The van der Waals surface area contributed by atoms with E-state index in [0.29, 0.717) is 0 Å². The summed E-state index contributed by atoms with van der Waals surface area (Å²) in [6.07, 6.45) is 5.15. The van der Waals surface area contributed by atoms with Crippen LogP contribution >= 0.6 is 0 Å². The van der Waals surface area contributed by atoms with Crippen LogP contribution in [0, 0.1) is 0 Å². The number of ether oxygens (including phenoxy) is 1. The average molecular weight is 276 g/mol. The summed E-state index contributed by atoms with van der Waals surface area (Å²) in [5, 5.41) is 3.47. The smallest absolute Gasteiger partial charge is 0.0477 e. The molecule has 1 fully saturated rings. The van der Waals surface area contributed by atoms with Crippen molar-refractivity contribution in [3.05, 3.63) is 29.8 Å². The van der Waals surface area contributed by atoms with E-state index < -0.39 is 0 Å². The topological polar surface area (TPSA) is 24.5 Å². The quantitative estimate of drug-likeness (QED) is 0.738. The Hall–Kier alpha value is -1.06. The summed E-state index contributed by atoms with van der Waals surface area (Å²) in [7, 11) is 0. The average Bonchev–Trinajstić information content (AvgIpc) is 2.52. The maximum atomic E-state index is 5.32. The molecule has 1 aliphatic heterocycles. The third-order valence-corrected chi connectivity index (χ3v) is 3.83. The van der Waals surface area contributed by atoms with Crippen LogP contribution in [0.15, 0.2) is 24.3 Å². The largest absolute Gasteiger partial charge is 0.382 e. The summed E-state index contributed by atoms with van der Waals surface area (Å²) in [6, 6.07) is 9.03. The van der Waals surface area contributed by atoms with Gasteiger partial charge in [0.1, 0.15) is 0 Å². The zero-order chi connectivity index (χ0) is 14.0. The molecule has 0 radical (unpaired) electrons. The van der Waals surface area contributed by atoms with Crippen molar-refractivity contribution in [1.82, 2.24) is 5.32 Å². The fourth-order valence-electron chi connectivity index (χ4n) is 2.65. The van der Waals surface area contributed by atoms with Crippen LogP contribution in [0.5, 0.6) is 0 Å². The molecule has 0 amide bonds. The van der Waals surface area contributed by atoms with Gasteiger partial charge in [-0.15, -0.1) is 0 Å². The number of nitrogens with zero attached hydrogens (tertiary/aromatic N) is 1. The van der Waals surface area contributed by atoms with Crippen molar-refractivity contribution in [3.63, 3.8) is 0 Å². The lowest BCUT2D eigenvalue weighted by atomic mass is 10.1. The van der Waals surface area contributed by atoms with Gasteiger partial charge in [0.25, 0.3) is 0 Å². The van der Waals surface area contributed by atoms with Crippen molar-refractivity contribution in [1.29, 1.82) is 0 Å². The molecule has 1 N–H and O–H groups in total. The van der Waals surface area contributed by atoms with Crippen LogP contribution in [-0.4, -0.2) is 32.8 Å². The molecule has 0 unspecified atom stereocenters. The van der Waals surface area contributed by atoms with Gasteiger partial charge in [-0.1, -0.05) is 12.1 Å². The zero-order valence-corrected chi connectivity index (χ0v) is 12.7. The van der Waals surface area contributed by atoms with Gasteiger partial charge >= 0.3 is 0 Å². The van der Waals surface area contributed by atoms with Crippen LogP contribution in [0.4, 0.5) is 5.69 Å². The Balaban J connectivity index is 1.68. The first kappa shape index (κ1) is 15.3. The third kappa shape index (κ3) is 5.14. The van der Waals surface area contributed by atoms with Crippen molar-refractivity contribution < 1.29 is 4.74 Å². The summed E-state index contributed by atoms with van der Waals surface area (Å²) in [4.78, 5) is 2.50. The number of hydrogen-bond acceptors (Lipinski definition) is 3. The van der Waals surface area contributed by atoms with E-state index >= 15 is 0 Å². The Morgan fingerprint density at radius 3 is 2.55 bits per heavy atom. The Morgan fingerprint density at radius 1 is 1.10 bits per heavy atom. The molecule has 112 valence electrons. The third-order valence-electron chi connectivity index (χ3n) is 3.83. The fourth-order valence-corrected chi connectivity index (χ4v) is 2.65. The summed E-state index contributed by atoms with van der Waals surface area (Å²) < 4.78 is 5.32. The lowest BCUT2D eigenvalue weighted by Crippen LogP contribution is -2.29. The first-order chi connectivity index (χ1) is 9.90. The monoisotopic (exact) mass is 276 g/mol. The predicted octanol–water partition coefficient (Wildman–Crippen LogP) is 3.19. The molecule has 0 aromatic heterocycles. The van der Waals surface area contributed by atoms with Gasteiger partial charge < -0.3 is 15.0 Å². The molecular formula is C17H28N2O. The number of benzene rings is 1. The highest BCUT2D eigenvalue weighted by Gasteiger charge is 2.10. The minimum Gasteiger partial charge on any atom is -0.382 e. The molecule has 0 spiro atoms. The molecule has 1 heterocycles. The second kappa shape index (κ2) is 8.98. The van der Waals surface area contributed by atoms with Gasteiger partial charge in [0, 0.05) is 38.5 Å². The Labute approximate surface area is 123 Å². The lowest BCUT2D eigenvalue weighted by Gasteiger charge is -2.28. The normalized spacial score (nSPS) is 15.6.